The summed E-state index contributed by atoms with van der Waals surface area (Å²) in [6, 6.07) is 0. The van der Waals surface area contributed by atoms with Crippen molar-refractivity contribution < 1.29 is 24.8 Å². The molecule has 0 aliphatic carbocycles. The number of aliphatic hydroxyl groups is 3. The van der Waals surface area contributed by atoms with E-state index in [1.54, 1.807) is 0 Å². The minimum Gasteiger partial charge on any atom is -0.394 e. The molecule has 0 unspecified atom stereocenters. The van der Waals surface area contributed by atoms with Crippen molar-refractivity contribution in [1.82, 2.24) is 0 Å². The fourth-order valence-electron chi connectivity index (χ4n) is 3.97. The predicted octanol–water partition coefficient (Wildman–Crippen LogP) is 4.91. The summed E-state index contributed by atoms with van der Waals surface area (Å²) >= 11 is 0. The number of hydrogen-bond donors (Lipinski definition) is 3. The van der Waals surface area contributed by atoms with Gasteiger partial charge in [-0.3, -0.25) is 0 Å². The number of allylic oxidation sites excluding steroid dienone is 2. The Balaban J connectivity index is 1.82. The summed E-state index contributed by atoms with van der Waals surface area (Å²) in [5, 5.41) is 28.6. The molecular formula is C25H48O5. The van der Waals surface area contributed by atoms with Gasteiger partial charge >= 0.3 is 0 Å². The standard InChI is InChI=1S/C25H48O5/c1-2-3-4-5-6-7-8-9-10-11-12-13-14-15-16-17-18-19-29-23-21-30-25(24(23)28)22(27)20-26/h12-13,22-28H,2-11,14-21H2,1H3/b13-12+/t22-,23+,24-,25-/m0/s1. The predicted molar refractivity (Wildman–Crippen MR) is 123 cm³/mol. The molecule has 30 heavy (non-hydrogen) atoms. The van der Waals surface area contributed by atoms with Crippen molar-refractivity contribution in [3.05, 3.63) is 12.2 Å². The largest absolute Gasteiger partial charge is 0.394 e. The number of rotatable bonds is 20. The maximum atomic E-state index is 10.1. The quantitative estimate of drug-likeness (QED) is 0.190. The normalized spacial score (nSPS) is 22.9. The van der Waals surface area contributed by atoms with Gasteiger partial charge in [0.15, 0.2) is 0 Å². The first-order valence-electron chi connectivity index (χ1n) is 12.6. The zero-order valence-corrected chi connectivity index (χ0v) is 19.4. The average molecular weight is 429 g/mol. The smallest absolute Gasteiger partial charge is 0.114 e. The number of ether oxygens (including phenoxy) is 2. The highest BCUT2D eigenvalue weighted by atomic mass is 16.6. The monoisotopic (exact) mass is 428 g/mol. The maximum absolute atomic E-state index is 10.1. The zero-order chi connectivity index (χ0) is 21.9. The van der Waals surface area contributed by atoms with Crippen LogP contribution in [0.3, 0.4) is 0 Å². The molecule has 0 spiro atoms. The van der Waals surface area contributed by atoms with E-state index in [4.69, 9.17) is 14.6 Å². The van der Waals surface area contributed by atoms with Gasteiger partial charge in [0.05, 0.1) is 13.2 Å². The van der Waals surface area contributed by atoms with E-state index in [-0.39, 0.29) is 6.61 Å². The highest BCUT2D eigenvalue weighted by Crippen LogP contribution is 2.20. The van der Waals surface area contributed by atoms with Crippen molar-refractivity contribution in [2.75, 3.05) is 19.8 Å². The van der Waals surface area contributed by atoms with E-state index in [0.717, 1.165) is 19.3 Å². The van der Waals surface area contributed by atoms with Crippen LogP contribution in [0.1, 0.15) is 103 Å². The molecule has 0 aromatic carbocycles. The summed E-state index contributed by atoms with van der Waals surface area (Å²) in [5.41, 5.74) is 0. The van der Waals surface area contributed by atoms with Gasteiger partial charge in [-0.15, -0.1) is 0 Å². The first-order valence-corrected chi connectivity index (χ1v) is 12.6. The van der Waals surface area contributed by atoms with Crippen molar-refractivity contribution in [1.29, 1.82) is 0 Å². The third-order valence-corrected chi connectivity index (χ3v) is 5.97. The fourth-order valence-corrected chi connectivity index (χ4v) is 3.97. The van der Waals surface area contributed by atoms with E-state index in [0.29, 0.717) is 6.61 Å². The number of hydrogen-bond acceptors (Lipinski definition) is 5. The van der Waals surface area contributed by atoms with Gasteiger partial charge in [-0.2, -0.15) is 0 Å². The SMILES string of the molecule is CCCCCCCCCCC/C=C/CCCCCCO[C@@H]1CO[C@@H]([C@@H](O)CO)[C@H]1O. The molecule has 1 saturated heterocycles. The highest BCUT2D eigenvalue weighted by molar-refractivity contribution is 4.88. The molecule has 0 amide bonds. The van der Waals surface area contributed by atoms with Gasteiger partial charge in [-0.25, -0.2) is 0 Å². The summed E-state index contributed by atoms with van der Waals surface area (Å²) < 4.78 is 11.0. The molecule has 5 heteroatoms. The molecule has 178 valence electrons. The summed E-state index contributed by atoms with van der Waals surface area (Å²) in [4.78, 5) is 0. The van der Waals surface area contributed by atoms with Crippen LogP contribution < -0.4 is 0 Å². The topological polar surface area (TPSA) is 79.2 Å². The lowest BCUT2D eigenvalue weighted by atomic mass is 10.1. The van der Waals surface area contributed by atoms with E-state index in [1.807, 2.05) is 0 Å². The van der Waals surface area contributed by atoms with Gasteiger partial charge in [0.25, 0.3) is 0 Å². The van der Waals surface area contributed by atoms with Crippen LogP contribution in [0.25, 0.3) is 0 Å². The van der Waals surface area contributed by atoms with Crippen molar-refractivity contribution >= 4 is 0 Å². The molecule has 1 rings (SSSR count). The Morgan fingerprint density at radius 2 is 1.40 bits per heavy atom. The second-order valence-corrected chi connectivity index (χ2v) is 8.74. The van der Waals surface area contributed by atoms with Crippen LogP contribution in [-0.2, 0) is 9.47 Å². The molecular weight excluding hydrogens is 380 g/mol. The van der Waals surface area contributed by atoms with E-state index < -0.39 is 31.0 Å². The van der Waals surface area contributed by atoms with Crippen LogP contribution in [0.5, 0.6) is 0 Å². The van der Waals surface area contributed by atoms with Gasteiger partial charge in [0.2, 0.25) is 0 Å². The molecule has 0 bridgehead atoms. The van der Waals surface area contributed by atoms with Crippen molar-refractivity contribution in [2.45, 2.75) is 128 Å². The minimum absolute atomic E-state index is 0.270. The van der Waals surface area contributed by atoms with Crippen LogP contribution in [0.4, 0.5) is 0 Å². The van der Waals surface area contributed by atoms with Crippen molar-refractivity contribution in [3.63, 3.8) is 0 Å². The van der Waals surface area contributed by atoms with Crippen LogP contribution in [0.15, 0.2) is 12.2 Å². The Labute approximate surface area is 184 Å². The van der Waals surface area contributed by atoms with E-state index >= 15 is 0 Å². The third-order valence-electron chi connectivity index (χ3n) is 5.97. The Morgan fingerprint density at radius 1 is 0.867 bits per heavy atom. The molecule has 5 nitrogen and oxygen atoms in total. The molecule has 3 N–H and O–H groups in total. The summed E-state index contributed by atoms with van der Waals surface area (Å²) in [6.07, 6.45) is 21.0. The van der Waals surface area contributed by atoms with Gasteiger partial charge in [-0.05, 0) is 32.1 Å². The Kier molecular flexibility index (Phi) is 17.7. The van der Waals surface area contributed by atoms with Crippen molar-refractivity contribution in [2.24, 2.45) is 0 Å². The molecule has 0 aromatic heterocycles. The fraction of sp³-hybridized carbons (Fsp3) is 0.920. The molecule has 0 radical (unpaired) electrons. The van der Waals surface area contributed by atoms with Gasteiger partial charge in [0.1, 0.15) is 24.4 Å². The second-order valence-electron chi connectivity index (χ2n) is 8.74. The summed E-state index contributed by atoms with van der Waals surface area (Å²) in [7, 11) is 0. The van der Waals surface area contributed by atoms with Crippen molar-refractivity contribution in [3.8, 4) is 0 Å². The minimum atomic E-state index is -1.05. The van der Waals surface area contributed by atoms with Crippen LogP contribution >= 0.6 is 0 Å². The van der Waals surface area contributed by atoms with Gasteiger partial charge < -0.3 is 24.8 Å². The first kappa shape index (κ1) is 27.6. The lowest BCUT2D eigenvalue weighted by Crippen LogP contribution is -2.41. The first-order chi connectivity index (χ1) is 14.7. The maximum Gasteiger partial charge on any atom is 0.114 e. The molecule has 0 saturated carbocycles. The van der Waals surface area contributed by atoms with Crippen LogP contribution in [-0.4, -0.2) is 59.6 Å². The molecule has 4 atom stereocenters. The lowest BCUT2D eigenvalue weighted by Gasteiger charge is -2.20. The zero-order valence-electron chi connectivity index (χ0n) is 19.4. The number of aliphatic hydroxyl groups excluding tert-OH is 3. The van der Waals surface area contributed by atoms with E-state index in [2.05, 4.69) is 19.1 Å². The Hall–Kier alpha value is -0.460. The summed E-state index contributed by atoms with van der Waals surface area (Å²) in [5.74, 6) is 0. The Morgan fingerprint density at radius 3 is 1.97 bits per heavy atom. The molecule has 1 aliphatic heterocycles. The average Bonchev–Trinajstić information content (AvgIpc) is 3.12. The van der Waals surface area contributed by atoms with E-state index in [1.165, 1.54) is 77.0 Å². The lowest BCUT2D eigenvalue weighted by molar-refractivity contribution is -0.0730. The molecule has 0 aromatic rings. The molecule has 1 heterocycles. The van der Waals surface area contributed by atoms with Gasteiger partial charge in [-0.1, -0.05) is 83.3 Å². The van der Waals surface area contributed by atoms with Crippen LogP contribution in [0.2, 0.25) is 0 Å². The van der Waals surface area contributed by atoms with Gasteiger partial charge in [0, 0.05) is 6.61 Å². The molecule has 1 fully saturated rings. The Bertz CT molecular complexity index is 401. The molecule has 1 aliphatic rings. The summed E-state index contributed by atoms with van der Waals surface area (Å²) in [6.45, 7) is 2.73. The second kappa shape index (κ2) is 19.2. The van der Waals surface area contributed by atoms with Crippen LogP contribution in [0, 0.1) is 0 Å². The highest BCUT2D eigenvalue weighted by Gasteiger charge is 2.40. The van der Waals surface area contributed by atoms with E-state index in [9.17, 15) is 10.2 Å². The number of unbranched alkanes of at least 4 members (excludes halogenated alkanes) is 13. The third kappa shape index (κ3) is 13.1.